The number of benzene rings is 2. The summed E-state index contributed by atoms with van der Waals surface area (Å²) in [6, 6.07) is 16.6. The molecule has 0 aromatic heterocycles. The van der Waals surface area contributed by atoms with Gasteiger partial charge in [0.2, 0.25) is 0 Å². The summed E-state index contributed by atoms with van der Waals surface area (Å²) in [6.45, 7) is 0.807. The first kappa shape index (κ1) is 18.1. The number of thioether (sulfide) groups is 1. The second-order valence-corrected chi connectivity index (χ2v) is 5.71. The van der Waals surface area contributed by atoms with Crippen LogP contribution in [0.4, 0.5) is 5.69 Å². The van der Waals surface area contributed by atoms with E-state index in [2.05, 4.69) is 24.3 Å². The predicted molar refractivity (Wildman–Crippen MR) is 94.1 cm³/mol. The van der Waals surface area contributed by atoms with E-state index in [1.807, 2.05) is 17.8 Å². The van der Waals surface area contributed by atoms with Gasteiger partial charge in [0.1, 0.15) is 0 Å². The normalized spacial score (nSPS) is 9.68. The van der Waals surface area contributed by atoms with Gasteiger partial charge in [-0.1, -0.05) is 30.3 Å². The topological polar surface area (TPSA) is 89.3 Å². The highest BCUT2D eigenvalue weighted by molar-refractivity contribution is 7.98. The van der Waals surface area contributed by atoms with E-state index in [0.717, 1.165) is 18.7 Å². The van der Waals surface area contributed by atoms with Crippen LogP contribution in [0.3, 0.4) is 0 Å². The minimum absolute atomic E-state index is 0.259. The third kappa shape index (κ3) is 7.71. The number of nitrogens with two attached hydrogens (primary N) is 2. The number of aromatic carboxylic acids is 1. The highest BCUT2D eigenvalue weighted by Crippen LogP contribution is 2.11. The molecular formula is C17H22N2O2S. The zero-order chi connectivity index (χ0) is 16.2. The average Bonchev–Trinajstić information content (AvgIpc) is 2.54. The summed E-state index contributed by atoms with van der Waals surface area (Å²) in [5.41, 5.74) is 13.0. The van der Waals surface area contributed by atoms with Crippen molar-refractivity contribution in [3.05, 3.63) is 65.7 Å². The maximum atomic E-state index is 10.3. The number of nitrogen functional groups attached to an aromatic ring is 1. The Balaban J connectivity index is 0.000000224. The molecule has 2 aromatic carbocycles. The van der Waals surface area contributed by atoms with Gasteiger partial charge in [0, 0.05) is 11.4 Å². The van der Waals surface area contributed by atoms with Crippen LogP contribution in [0.15, 0.2) is 54.6 Å². The highest BCUT2D eigenvalue weighted by Gasteiger charge is 1.98. The van der Waals surface area contributed by atoms with Gasteiger partial charge in [-0.05, 0) is 48.5 Å². The molecule has 5 heteroatoms. The lowest BCUT2D eigenvalue weighted by Crippen LogP contribution is -1.99. The number of rotatable bonds is 6. The lowest BCUT2D eigenvalue weighted by atomic mass is 10.2. The number of carbonyl (C=O) groups is 1. The molecule has 2 aromatic rings. The molecule has 0 heterocycles. The van der Waals surface area contributed by atoms with Gasteiger partial charge in [-0.2, -0.15) is 11.8 Å². The highest BCUT2D eigenvalue weighted by atomic mass is 32.2. The summed E-state index contributed by atoms with van der Waals surface area (Å²) in [5.74, 6) is 1.35. The van der Waals surface area contributed by atoms with Gasteiger partial charge >= 0.3 is 5.97 Å². The van der Waals surface area contributed by atoms with Crippen molar-refractivity contribution in [3.8, 4) is 0 Å². The van der Waals surface area contributed by atoms with Gasteiger partial charge in [-0.15, -0.1) is 0 Å². The molecule has 0 saturated heterocycles. The minimum atomic E-state index is -0.931. The Labute approximate surface area is 135 Å². The molecule has 0 amide bonds. The molecule has 5 N–H and O–H groups in total. The number of hydrogen-bond acceptors (Lipinski definition) is 4. The van der Waals surface area contributed by atoms with Crippen LogP contribution in [-0.4, -0.2) is 23.4 Å². The number of carboxylic acids is 1. The molecule has 0 atom stereocenters. The maximum absolute atomic E-state index is 10.3. The van der Waals surface area contributed by atoms with Crippen molar-refractivity contribution in [2.45, 2.75) is 12.2 Å². The first-order chi connectivity index (χ1) is 10.6. The quantitative estimate of drug-likeness (QED) is 0.562. The van der Waals surface area contributed by atoms with E-state index in [0.29, 0.717) is 5.69 Å². The van der Waals surface area contributed by atoms with Crippen LogP contribution in [0.5, 0.6) is 0 Å². The Bertz CT molecular complexity index is 544. The molecule has 2 rings (SSSR count). The summed E-state index contributed by atoms with van der Waals surface area (Å²) in [5, 5.41) is 8.43. The zero-order valence-corrected chi connectivity index (χ0v) is 13.3. The monoisotopic (exact) mass is 318 g/mol. The van der Waals surface area contributed by atoms with Gasteiger partial charge in [0.05, 0.1) is 5.56 Å². The summed E-state index contributed by atoms with van der Waals surface area (Å²) < 4.78 is 0. The molecule has 0 aliphatic rings. The summed E-state index contributed by atoms with van der Waals surface area (Å²) >= 11 is 1.95. The summed E-state index contributed by atoms with van der Waals surface area (Å²) in [6.07, 6.45) is 1.12. The van der Waals surface area contributed by atoms with E-state index in [-0.39, 0.29) is 5.56 Å². The van der Waals surface area contributed by atoms with Crippen molar-refractivity contribution in [1.82, 2.24) is 0 Å². The SMILES string of the molecule is NCCCSCc1ccccc1.Nc1ccc(C(=O)O)cc1. The van der Waals surface area contributed by atoms with Gasteiger partial charge in [0.25, 0.3) is 0 Å². The van der Waals surface area contributed by atoms with Crippen molar-refractivity contribution in [2.24, 2.45) is 5.73 Å². The first-order valence-electron chi connectivity index (χ1n) is 7.04. The van der Waals surface area contributed by atoms with Gasteiger partial charge in [0.15, 0.2) is 0 Å². The Morgan fingerprint density at radius 1 is 1.05 bits per heavy atom. The lowest BCUT2D eigenvalue weighted by Gasteiger charge is -1.99. The van der Waals surface area contributed by atoms with Crippen LogP contribution in [-0.2, 0) is 5.75 Å². The van der Waals surface area contributed by atoms with Crippen LogP contribution in [0.1, 0.15) is 22.3 Å². The average molecular weight is 318 g/mol. The van der Waals surface area contributed by atoms with Crippen LogP contribution < -0.4 is 11.5 Å². The number of carboxylic acid groups (broad SMARTS) is 1. The Morgan fingerprint density at radius 3 is 2.23 bits per heavy atom. The zero-order valence-electron chi connectivity index (χ0n) is 12.4. The molecular weight excluding hydrogens is 296 g/mol. The molecule has 0 fully saturated rings. The van der Waals surface area contributed by atoms with Crippen molar-refractivity contribution < 1.29 is 9.90 Å². The molecule has 0 bridgehead atoms. The Hall–Kier alpha value is -1.98. The van der Waals surface area contributed by atoms with E-state index in [9.17, 15) is 4.79 Å². The molecule has 0 aliphatic carbocycles. The Morgan fingerprint density at radius 2 is 1.68 bits per heavy atom. The van der Waals surface area contributed by atoms with Crippen LogP contribution in [0, 0.1) is 0 Å². The van der Waals surface area contributed by atoms with Gasteiger partial charge < -0.3 is 16.6 Å². The second kappa shape index (κ2) is 10.7. The fraction of sp³-hybridized carbons (Fsp3) is 0.235. The van der Waals surface area contributed by atoms with Gasteiger partial charge in [-0.25, -0.2) is 4.79 Å². The van der Waals surface area contributed by atoms with Crippen LogP contribution in [0.2, 0.25) is 0 Å². The third-order valence-corrected chi connectivity index (χ3v) is 3.88. The fourth-order valence-corrected chi connectivity index (χ4v) is 2.52. The largest absolute Gasteiger partial charge is 0.478 e. The second-order valence-electron chi connectivity index (χ2n) is 4.61. The molecule has 4 nitrogen and oxygen atoms in total. The predicted octanol–water partition coefficient (Wildman–Crippen LogP) is 3.24. The smallest absolute Gasteiger partial charge is 0.335 e. The van der Waals surface area contributed by atoms with E-state index in [4.69, 9.17) is 16.6 Å². The van der Waals surface area contributed by atoms with Crippen LogP contribution in [0.25, 0.3) is 0 Å². The first-order valence-corrected chi connectivity index (χ1v) is 8.19. The minimum Gasteiger partial charge on any atom is -0.478 e. The number of hydrogen-bond donors (Lipinski definition) is 3. The fourth-order valence-electron chi connectivity index (χ4n) is 1.58. The molecule has 118 valence electrons. The Kier molecular flexibility index (Phi) is 8.79. The van der Waals surface area contributed by atoms with Crippen molar-refractivity contribution in [3.63, 3.8) is 0 Å². The summed E-state index contributed by atoms with van der Waals surface area (Å²) in [4.78, 5) is 10.3. The lowest BCUT2D eigenvalue weighted by molar-refractivity contribution is 0.0697. The molecule has 0 unspecified atom stereocenters. The van der Waals surface area contributed by atoms with E-state index >= 15 is 0 Å². The van der Waals surface area contributed by atoms with Crippen molar-refractivity contribution in [2.75, 3.05) is 18.0 Å². The molecule has 0 spiro atoms. The standard InChI is InChI=1S/C10H15NS.C7H7NO2/c11-7-4-8-12-9-10-5-2-1-3-6-10;8-6-3-1-5(2-4-6)7(9)10/h1-3,5-6H,4,7-9,11H2;1-4H,8H2,(H,9,10). The molecule has 0 saturated carbocycles. The molecule has 0 aliphatic heterocycles. The van der Waals surface area contributed by atoms with Crippen LogP contribution >= 0.6 is 11.8 Å². The third-order valence-electron chi connectivity index (χ3n) is 2.76. The van der Waals surface area contributed by atoms with Crippen molar-refractivity contribution >= 4 is 23.4 Å². The molecule has 0 radical (unpaired) electrons. The summed E-state index contributed by atoms with van der Waals surface area (Å²) in [7, 11) is 0. The van der Waals surface area contributed by atoms with E-state index < -0.39 is 5.97 Å². The van der Waals surface area contributed by atoms with Gasteiger partial charge in [-0.3, -0.25) is 0 Å². The van der Waals surface area contributed by atoms with E-state index in [1.54, 1.807) is 12.1 Å². The van der Waals surface area contributed by atoms with E-state index in [1.165, 1.54) is 23.4 Å². The molecule has 22 heavy (non-hydrogen) atoms. The number of anilines is 1. The maximum Gasteiger partial charge on any atom is 0.335 e. The van der Waals surface area contributed by atoms with Crippen molar-refractivity contribution in [1.29, 1.82) is 0 Å².